The molecule has 112 valence electrons. The summed E-state index contributed by atoms with van der Waals surface area (Å²) < 4.78 is 0. The summed E-state index contributed by atoms with van der Waals surface area (Å²) in [6, 6.07) is 11.8. The van der Waals surface area contributed by atoms with Crippen molar-refractivity contribution in [2.75, 3.05) is 0 Å². The fourth-order valence-corrected chi connectivity index (χ4v) is 2.72. The molecule has 0 radical (unpaired) electrons. The van der Waals surface area contributed by atoms with Crippen molar-refractivity contribution >= 4 is 0 Å². The van der Waals surface area contributed by atoms with E-state index in [1.54, 1.807) is 0 Å². The van der Waals surface area contributed by atoms with Crippen LogP contribution in [0.4, 0.5) is 0 Å². The molecule has 0 unspecified atom stereocenters. The van der Waals surface area contributed by atoms with E-state index in [2.05, 4.69) is 13.8 Å². The summed E-state index contributed by atoms with van der Waals surface area (Å²) in [6.45, 7) is 4.21. The highest BCUT2D eigenvalue weighted by atomic mass is 16.3. The summed E-state index contributed by atoms with van der Waals surface area (Å²) in [5, 5.41) is 20.7. The Morgan fingerprint density at radius 3 is 1.43 bits per heavy atom. The van der Waals surface area contributed by atoms with Crippen LogP contribution in [-0.4, -0.2) is 10.2 Å². The van der Waals surface area contributed by atoms with Crippen molar-refractivity contribution in [2.45, 2.75) is 46.0 Å². The average molecular weight is 284 g/mol. The molecule has 0 aliphatic heterocycles. The molecule has 0 saturated heterocycles. The van der Waals surface area contributed by atoms with Crippen molar-refractivity contribution in [1.29, 1.82) is 0 Å². The third-order valence-corrected chi connectivity index (χ3v) is 3.83. The van der Waals surface area contributed by atoms with Gasteiger partial charge in [-0.05, 0) is 35.1 Å². The molecule has 0 amide bonds. The zero-order valence-corrected chi connectivity index (χ0v) is 12.9. The minimum Gasteiger partial charge on any atom is -0.507 e. The van der Waals surface area contributed by atoms with Crippen LogP contribution in [-0.2, 0) is 19.3 Å². The highest BCUT2D eigenvalue weighted by Gasteiger charge is 2.11. The van der Waals surface area contributed by atoms with Crippen LogP contribution in [0.1, 0.15) is 48.9 Å². The molecule has 21 heavy (non-hydrogen) atoms. The van der Waals surface area contributed by atoms with E-state index in [1.807, 2.05) is 36.4 Å². The van der Waals surface area contributed by atoms with Gasteiger partial charge in [0.25, 0.3) is 0 Å². The number of para-hydroxylation sites is 2. The third kappa shape index (κ3) is 3.57. The van der Waals surface area contributed by atoms with E-state index in [-0.39, 0.29) is 0 Å². The predicted molar refractivity (Wildman–Crippen MR) is 87.0 cm³/mol. The van der Waals surface area contributed by atoms with Crippen LogP contribution in [0.5, 0.6) is 11.5 Å². The number of benzene rings is 2. The maximum absolute atomic E-state index is 10.4. The quantitative estimate of drug-likeness (QED) is 0.814. The number of phenolic OH excluding ortho intramolecular Hbond substituents is 2. The van der Waals surface area contributed by atoms with Crippen LogP contribution in [0, 0.1) is 0 Å². The van der Waals surface area contributed by atoms with Gasteiger partial charge in [-0.3, -0.25) is 0 Å². The molecule has 0 spiro atoms. The molecule has 2 aromatic rings. The lowest BCUT2D eigenvalue weighted by Crippen LogP contribution is -1.95. The van der Waals surface area contributed by atoms with Crippen molar-refractivity contribution in [3.05, 3.63) is 58.7 Å². The Hall–Kier alpha value is -1.96. The van der Waals surface area contributed by atoms with E-state index in [0.29, 0.717) is 17.9 Å². The molecule has 2 nitrogen and oxygen atoms in total. The van der Waals surface area contributed by atoms with Crippen molar-refractivity contribution in [3.8, 4) is 11.5 Å². The lowest BCUT2D eigenvalue weighted by atomic mass is 9.96. The van der Waals surface area contributed by atoms with Crippen LogP contribution >= 0.6 is 0 Å². The molecular weight excluding hydrogens is 260 g/mol. The molecule has 0 atom stereocenters. The first-order valence-corrected chi connectivity index (χ1v) is 7.76. The summed E-state index contributed by atoms with van der Waals surface area (Å²) >= 11 is 0. The molecule has 0 aliphatic rings. The van der Waals surface area contributed by atoms with E-state index in [4.69, 9.17) is 0 Å². The first-order chi connectivity index (χ1) is 10.2. The van der Waals surface area contributed by atoms with E-state index in [9.17, 15) is 10.2 Å². The highest BCUT2D eigenvalue weighted by Crippen LogP contribution is 2.30. The normalized spacial score (nSPS) is 10.8. The minimum absolute atomic E-state index is 0.375. The lowest BCUT2D eigenvalue weighted by molar-refractivity contribution is 0.455. The Kier molecular flexibility index (Phi) is 5.26. The van der Waals surface area contributed by atoms with Gasteiger partial charge in [0.2, 0.25) is 0 Å². The molecule has 0 heterocycles. The number of aromatic hydroxyl groups is 2. The summed E-state index contributed by atoms with van der Waals surface area (Å²) in [4.78, 5) is 0. The second kappa shape index (κ2) is 7.16. The van der Waals surface area contributed by atoms with Gasteiger partial charge in [0, 0.05) is 6.42 Å². The third-order valence-electron chi connectivity index (χ3n) is 3.83. The molecule has 0 bridgehead atoms. The molecule has 0 saturated carbocycles. The maximum Gasteiger partial charge on any atom is 0.122 e. The highest BCUT2D eigenvalue weighted by molar-refractivity contribution is 5.47. The summed E-state index contributed by atoms with van der Waals surface area (Å²) in [5.74, 6) is 0.749. The Morgan fingerprint density at radius 2 is 1.05 bits per heavy atom. The molecule has 0 aliphatic carbocycles. The average Bonchev–Trinajstić information content (AvgIpc) is 2.48. The second-order valence-corrected chi connectivity index (χ2v) is 5.53. The van der Waals surface area contributed by atoms with Gasteiger partial charge < -0.3 is 10.2 Å². The van der Waals surface area contributed by atoms with Crippen molar-refractivity contribution in [1.82, 2.24) is 0 Å². The van der Waals surface area contributed by atoms with Crippen molar-refractivity contribution in [3.63, 3.8) is 0 Å². The number of rotatable bonds is 6. The Bertz CT molecular complexity index is 549. The van der Waals surface area contributed by atoms with E-state index >= 15 is 0 Å². The molecule has 2 N–H and O–H groups in total. The van der Waals surface area contributed by atoms with Gasteiger partial charge in [-0.25, -0.2) is 0 Å². The van der Waals surface area contributed by atoms with Gasteiger partial charge >= 0.3 is 0 Å². The van der Waals surface area contributed by atoms with Gasteiger partial charge in [-0.1, -0.05) is 63.1 Å². The number of phenols is 2. The summed E-state index contributed by atoms with van der Waals surface area (Å²) in [6.07, 6.45) is 4.33. The topological polar surface area (TPSA) is 40.5 Å². The largest absolute Gasteiger partial charge is 0.507 e. The number of hydrogen-bond acceptors (Lipinski definition) is 2. The minimum atomic E-state index is 0.375. The second-order valence-electron chi connectivity index (χ2n) is 5.53. The zero-order chi connectivity index (χ0) is 15.2. The summed E-state index contributed by atoms with van der Waals surface area (Å²) in [5.41, 5.74) is 3.73. The van der Waals surface area contributed by atoms with Crippen molar-refractivity contribution in [2.24, 2.45) is 0 Å². The van der Waals surface area contributed by atoms with Gasteiger partial charge in [0.15, 0.2) is 0 Å². The monoisotopic (exact) mass is 284 g/mol. The van der Waals surface area contributed by atoms with Gasteiger partial charge in [-0.15, -0.1) is 0 Å². The molecule has 2 heteroatoms. The Morgan fingerprint density at radius 1 is 0.667 bits per heavy atom. The lowest BCUT2D eigenvalue weighted by Gasteiger charge is -2.12. The van der Waals surface area contributed by atoms with Crippen LogP contribution in [0.2, 0.25) is 0 Å². The molecule has 0 aromatic heterocycles. The first kappa shape index (κ1) is 15.4. The van der Waals surface area contributed by atoms with E-state index in [1.165, 1.54) is 0 Å². The smallest absolute Gasteiger partial charge is 0.122 e. The fourth-order valence-electron chi connectivity index (χ4n) is 2.72. The fraction of sp³-hybridized carbons (Fsp3) is 0.368. The van der Waals surface area contributed by atoms with E-state index in [0.717, 1.165) is 47.9 Å². The summed E-state index contributed by atoms with van der Waals surface area (Å²) in [7, 11) is 0. The number of aryl methyl sites for hydroxylation is 2. The van der Waals surface area contributed by atoms with Crippen LogP contribution < -0.4 is 0 Å². The maximum atomic E-state index is 10.4. The van der Waals surface area contributed by atoms with Gasteiger partial charge in [-0.2, -0.15) is 0 Å². The standard InChI is InChI=1S/C19H24O2/c1-3-7-14-9-5-11-16(18(14)20)13-17-12-6-10-15(8-4-2)19(17)21/h5-6,9-12,20-21H,3-4,7-8,13H2,1-2H3. The van der Waals surface area contributed by atoms with Crippen LogP contribution in [0.15, 0.2) is 36.4 Å². The Balaban J connectivity index is 2.30. The first-order valence-electron chi connectivity index (χ1n) is 7.76. The zero-order valence-electron chi connectivity index (χ0n) is 12.9. The predicted octanol–water partition coefficient (Wildman–Crippen LogP) is 4.59. The Labute approximate surface area is 127 Å². The molecule has 2 aromatic carbocycles. The molecule has 2 rings (SSSR count). The SMILES string of the molecule is CCCc1cccc(Cc2cccc(CCC)c2O)c1O. The van der Waals surface area contributed by atoms with Gasteiger partial charge in [0.1, 0.15) is 11.5 Å². The van der Waals surface area contributed by atoms with Gasteiger partial charge in [0.05, 0.1) is 0 Å². The van der Waals surface area contributed by atoms with Crippen molar-refractivity contribution < 1.29 is 10.2 Å². The van der Waals surface area contributed by atoms with Crippen LogP contribution in [0.25, 0.3) is 0 Å². The number of hydrogen-bond donors (Lipinski definition) is 2. The molecule has 0 fully saturated rings. The molecular formula is C19H24O2. The van der Waals surface area contributed by atoms with E-state index < -0.39 is 0 Å². The van der Waals surface area contributed by atoms with Crippen LogP contribution in [0.3, 0.4) is 0 Å².